The first kappa shape index (κ1) is 16.5. The Hall–Kier alpha value is -1.94. The maximum atomic E-state index is 4.43. The third-order valence-electron chi connectivity index (χ3n) is 6.09. The number of piperidine rings is 2. The Balaban J connectivity index is 1.49. The van der Waals surface area contributed by atoms with Gasteiger partial charge in [-0.2, -0.15) is 0 Å². The topological polar surface area (TPSA) is 32.3 Å². The number of hydrogen-bond acceptors (Lipinski definition) is 4. The Labute approximate surface area is 150 Å². The quantitative estimate of drug-likeness (QED) is 0.858. The van der Waals surface area contributed by atoms with E-state index >= 15 is 0 Å². The van der Waals surface area contributed by atoms with Gasteiger partial charge in [0.25, 0.3) is 0 Å². The number of benzene rings is 1. The largest absolute Gasteiger partial charge is 0.341 e. The van der Waals surface area contributed by atoms with Crippen LogP contribution in [0.2, 0.25) is 0 Å². The van der Waals surface area contributed by atoms with Crippen molar-refractivity contribution in [2.75, 3.05) is 37.6 Å². The van der Waals surface area contributed by atoms with Gasteiger partial charge in [-0.05, 0) is 48.8 Å². The van der Waals surface area contributed by atoms with E-state index in [0.717, 1.165) is 25.6 Å². The Kier molecular flexibility index (Phi) is 4.71. The van der Waals surface area contributed by atoms with Crippen molar-refractivity contribution in [2.45, 2.75) is 32.1 Å². The fourth-order valence-corrected chi connectivity index (χ4v) is 4.69. The molecule has 4 heteroatoms. The van der Waals surface area contributed by atoms with E-state index in [9.17, 15) is 0 Å². The van der Waals surface area contributed by atoms with Crippen molar-refractivity contribution < 1.29 is 0 Å². The molecule has 1 unspecified atom stereocenters. The Morgan fingerprint density at radius 3 is 2.44 bits per heavy atom. The molecule has 3 heterocycles. The van der Waals surface area contributed by atoms with Gasteiger partial charge in [-0.15, -0.1) is 0 Å². The molecule has 2 aromatic rings. The molecule has 0 N–H and O–H groups in total. The molecule has 1 atom stereocenters. The molecular formula is C21H28N4. The van der Waals surface area contributed by atoms with E-state index in [4.69, 9.17) is 0 Å². The highest BCUT2D eigenvalue weighted by atomic mass is 15.3. The van der Waals surface area contributed by atoms with Gasteiger partial charge in [0, 0.05) is 38.6 Å². The van der Waals surface area contributed by atoms with Crippen LogP contribution in [0, 0.1) is 5.41 Å². The summed E-state index contributed by atoms with van der Waals surface area (Å²) in [5, 5.41) is 0. The standard InChI is InChI=1S/C21H28N4/c1-2-24-16-19(18-7-4-3-5-8-18)15-21(17-24)9-13-25(14-10-21)20-22-11-6-12-23-20/h3-8,11-12,19H,2,9-10,13-17H2,1H3. The summed E-state index contributed by atoms with van der Waals surface area (Å²) in [6, 6.07) is 13.0. The van der Waals surface area contributed by atoms with E-state index in [2.05, 4.69) is 57.0 Å². The lowest BCUT2D eigenvalue weighted by molar-refractivity contribution is 0.0542. The van der Waals surface area contributed by atoms with Crippen LogP contribution in [0.1, 0.15) is 37.7 Å². The maximum Gasteiger partial charge on any atom is 0.225 e. The zero-order valence-electron chi connectivity index (χ0n) is 15.1. The molecule has 0 bridgehead atoms. The molecule has 0 radical (unpaired) electrons. The van der Waals surface area contributed by atoms with Crippen molar-refractivity contribution in [3.63, 3.8) is 0 Å². The molecule has 2 saturated heterocycles. The lowest BCUT2D eigenvalue weighted by atomic mass is 9.68. The van der Waals surface area contributed by atoms with Crippen molar-refractivity contribution in [1.82, 2.24) is 14.9 Å². The monoisotopic (exact) mass is 336 g/mol. The summed E-state index contributed by atoms with van der Waals surface area (Å²) < 4.78 is 0. The average Bonchev–Trinajstić information content (AvgIpc) is 2.69. The fourth-order valence-electron chi connectivity index (χ4n) is 4.69. The first-order valence-electron chi connectivity index (χ1n) is 9.57. The molecule has 2 aliphatic rings. The van der Waals surface area contributed by atoms with E-state index in [0.29, 0.717) is 11.3 Å². The lowest BCUT2D eigenvalue weighted by Crippen LogP contribution is -2.51. The summed E-state index contributed by atoms with van der Waals surface area (Å²) in [6.45, 7) is 8.04. The number of anilines is 1. The van der Waals surface area contributed by atoms with Crippen LogP contribution in [0.5, 0.6) is 0 Å². The maximum absolute atomic E-state index is 4.43. The number of rotatable bonds is 3. The van der Waals surface area contributed by atoms with Crippen LogP contribution < -0.4 is 4.90 Å². The zero-order chi connectivity index (χ0) is 17.1. The summed E-state index contributed by atoms with van der Waals surface area (Å²) in [7, 11) is 0. The van der Waals surface area contributed by atoms with E-state index in [1.807, 2.05) is 18.5 Å². The van der Waals surface area contributed by atoms with Gasteiger partial charge >= 0.3 is 0 Å². The van der Waals surface area contributed by atoms with Crippen molar-refractivity contribution in [3.8, 4) is 0 Å². The molecule has 25 heavy (non-hydrogen) atoms. The van der Waals surface area contributed by atoms with Crippen LogP contribution in [0.4, 0.5) is 5.95 Å². The predicted octanol–water partition coefficient (Wildman–Crippen LogP) is 3.57. The minimum absolute atomic E-state index is 0.444. The molecule has 0 saturated carbocycles. The van der Waals surface area contributed by atoms with Gasteiger partial charge < -0.3 is 9.80 Å². The van der Waals surface area contributed by atoms with Gasteiger partial charge in [-0.25, -0.2) is 9.97 Å². The number of likely N-dealkylation sites (N-methyl/N-ethyl adjacent to an activating group) is 1. The Morgan fingerprint density at radius 2 is 1.76 bits per heavy atom. The minimum Gasteiger partial charge on any atom is -0.341 e. The molecule has 1 aromatic carbocycles. The second kappa shape index (κ2) is 7.12. The summed E-state index contributed by atoms with van der Waals surface area (Å²) in [4.78, 5) is 13.9. The number of likely N-dealkylation sites (tertiary alicyclic amines) is 1. The van der Waals surface area contributed by atoms with Crippen LogP contribution in [0.3, 0.4) is 0 Å². The smallest absolute Gasteiger partial charge is 0.225 e. The van der Waals surface area contributed by atoms with Crippen molar-refractivity contribution in [1.29, 1.82) is 0 Å². The van der Waals surface area contributed by atoms with E-state index in [1.54, 1.807) is 0 Å². The third-order valence-corrected chi connectivity index (χ3v) is 6.09. The number of aromatic nitrogens is 2. The SMILES string of the molecule is CCN1CC(c2ccccc2)CC2(CCN(c3ncccn3)CC2)C1. The number of hydrogen-bond donors (Lipinski definition) is 0. The highest BCUT2D eigenvalue weighted by Crippen LogP contribution is 2.45. The van der Waals surface area contributed by atoms with E-state index in [1.165, 1.54) is 37.9 Å². The second-order valence-corrected chi connectivity index (χ2v) is 7.68. The molecular weight excluding hydrogens is 308 g/mol. The van der Waals surface area contributed by atoms with Crippen molar-refractivity contribution >= 4 is 5.95 Å². The van der Waals surface area contributed by atoms with Gasteiger partial charge in [0.2, 0.25) is 5.95 Å². The lowest BCUT2D eigenvalue weighted by Gasteiger charge is -2.50. The first-order valence-corrected chi connectivity index (χ1v) is 9.57. The Morgan fingerprint density at radius 1 is 1.04 bits per heavy atom. The highest BCUT2D eigenvalue weighted by molar-refractivity contribution is 5.30. The van der Waals surface area contributed by atoms with E-state index in [-0.39, 0.29) is 0 Å². The van der Waals surface area contributed by atoms with Crippen molar-refractivity contribution in [2.24, 2.45) is 5.41 Å². The van der Waals surface area contributed by atoms with Gasteiger partial charge in [0.15, 0.2) is 0 Å². The molecule has 2 aliphatic heterocycles. The summed E-state index contributed by atoms with van der Waals surface area (Å²) in [5.41, 5.74) is 1.95. The third kappa shape index (κ3) is 3.54. The zero-order valence-corrected chi connectivity index (χ0v) is 15.1. The predicted molar refractivity (Wildman–Crippen MR) is 102 cm³/mol. The van der Waals surface area contributed by atoms with Crippen LogP contribution in [-0.4, -0.2) is 47.6 Å². The molecule has 4 nitrogen and oxygen atoms in total. The van der Waals surface area contributed by atoms with Gasteiger partial charge in [-0.3, -0.25) is 0 Å². The molecule has 4 rings (SSSR count). The molecule has 1 aromatic heterocycles. The normalized spacial score (nSPS) is 23.7. The molecule has 1 spiro atoms. The van der Waals surface area contributed by atoms with Gasteiger partial charge in [0.05, 0.1) is 0 Å². The van der Waals surface area contributed by atoms with Gasteiger partial charge in [-0.1, -0.05) is 37.3 Å². The highest BCUT2D eigenvalue weighted by Gasteiger charge is 2.42. The first-order chi connectivity index (χ1) is 12.3. The summed E-state index contributed by atoms with van der Waals surface area (Å²) in [5.74, 6) is 1.55. The van der Waals surface area contributed by atoms with Crippen LogP contribution in [0.15, 0.2) is 48.8 Å². The second-order valence-electron chi connectivity index (χ2n) is 7.68. The van der Waals surface area contributed by atoms with Crippen molar-refractivity contribution in [3.05, 3.63) is 54.4 Å². The molecule has 2 fully saturated rings. The molecule has 132 valence electrons. The average molecular weight is 336 g/mol. The Bertz CT molecular complexity index is 665. The van der Waals surface area contributed by atoms with Crippen LogP contribution >= 0.6 is 0 Å². The fraction of sp³-hybridized carbons (Fsp3) is 0.524. The minimum atomic E-state index is 0.444. The summed E-state index contributed by atoms with van der Waals surface area (Å²) >= 11 is 0. The number of nitrogens with zero attached hydrogens (tertiary/aromatic N) is 4. The summed E-state index contributed by atoms with van der Waals surface area (Å²) in [6.07, 6.45) is 7.49. The van der Waals surface area contributed by atoms with E-state index < -0.39 is 0 Å². The van der Waals surface area contributed by atoms with Crippen LogP contribution in [0.25, 0.3) is 0 Å². The molecule has 0 aliphatic carbocycles. The molecule has 0 amide bonds. The van der Waals surface area contributed by atoms with Gasteiger partial charge in [0.1, 0.15) is 0 Å². The van der Waals surface area contributed by atoms with Crippen LogP contribution in [-0.2, 0) is 0 Å².